The van der Waals surface area contributed by atoms with Crippen LogP contribution in [-0.4, -0.2) is 22.8 Å². The van der Waals surface area contributed by atoms with Crippen LogP contribution in [-0.2, 0) is 29.0 Å². The molecule has 0 fully saturated rings. The normalized spacial score (nSPS) is 16.4. The van der Waals surface area contributed by atoms with Crippen molar-refractivity contribution in [2.24, 2.45) is 5.73 Å². The highest BCUT2D eigenvalue weighted by molar-refractivity contribution is 5.91. The minimum Gasteiger partial charge on any atom is -0.464 e. The molecule has 0 bridgehead atoms. The van der Waals surface area contributed by atoms with Crippen LogP contribution >= 0.6 is 0 Å². The first-order valence-corrected chi connectivity index (χ1v) is 9.07. The van der Waals surface area contributed by atoms with Crippen LogP contribution in [0.1, 0.15) is 27.8 Å². The summed E-state index contributed by atoms with van der Waals surface area (Å²) in [6.07, 6.45) is 2.28. The number of fused-ring (bicyclic) bond motifs is 2. The molecule has 5 heteroatoms. The summed E-state index contributed by atoms with van der Waals surface area (Å²) < 4.78 is 5.64. The van der Waals surface area contributed by atoms with Gasteiger partial charge in [-0.25, -0.2) is 0 Å². The quantitative estimate of drug-likeness (QED) is 0.778. The first kappa shape index (κ1) is 17.3. The van der Waals surface area contributed by atoms with E-state index >= 15 is 0 Å². The number of hydrogen-bond acceptors (Lipinski definition) is 3. The molecule has 1 aliphatic heterocycles. The third-order valence-corrected chi connectivity index (χ3v) is 5.51. The fraction of sp³-hybridized carbons (Fsp3) is 0.273. The molecule has 27 heavy (non-hydrogen) atoms. The van der Waals surface area contributed by atoms with Gasteiger partial charge in [0.1, 0.15) is 11.6 Å². The monoisotopic (exact) mass is 362 g/mol. The second-order valence-electron chi connectivity index (χ2n) is 7.28. The molecule has 2 amide bonds. The number of primary amides is 1. The zero-order valence-electron chi connectivity index (χ0n) is 15.5. The zero-order valence-corrected chi connectivity index (χ0v) is 15.5. The Labute approximate surface area is 157 Å². The smallest absolute Gasteiger partial charge is 0.240 e. The Hall–Kier alpha value is -3.08. The topological polar surface area (TPSA) is 76.5 Å². The van der Waals surface area contributed by atoms with Gasteiger partial charge in [-0.1, -0.05) is 24.3 Å². The van der Waals surface area contributed by atoms with Gasteiger partial charge >= 0.3 is 0 Å². The SMILES string of the molecule is Cc1cc2occ(CC(=O)N3Cc4ccccc4C[C@@H]3C(N)=O)c2cc1C. The summed E-state index contributed by atoms with van der Waals surface area (Å²) in [4.78, 5) is 26.6. The van der Waals surface area contributed by atoms with Crippen molar-refractivity contribution in [1.82, 2.24) is 4.90 Å². The Morgan fingerprint density at radius 3 is 2.59 bits per heavy atom. The van der Waals surface area contributed by atoms with Crippen molar-refractivity contribution in [3.63, 3.8) is 0 Å². The maximum atomic E-state index is 13.1. The minimum absolute atomic E-state index is 0.116. The molecule has 2 aromatic carbocycles. The number of nitrogens with two attached hydrogens (primary N) is 1. The summed E-state index contributed by atoms with van der Waals surface area (Å²) in [5.41, 5.74) is 11.6. The van der Waals surface area contributed by atoms with Crippen molar-refractivity contribution in [3.05, 3.63) is 70.5 Å². The van der Waals surface area contributed by atoms with Gasteiger partial charge in [0.15, 0.2) is 0 Å². The van der Waals surface area contributed by atoms with Crippen LogP contribution in [0.5, 0.6) is 0 Å². The summed E-state index contributed by atoms with van der Waals surface area (Å²) in [6, 6.07) is 11.3. The van der Waals surface area contributed by atoms with E-state index in [0.29, 0.717) is 13.0 Å². The molecule has 5 nitrogen and oxygen atoms in total. The van der Waals surface area contributed by atoms with E-state index in [9.17, 15) is 9.59 Å². The van der Waals surface area contributed by atoms with Gasteiger partial charge in [0.2, 0.25) is 11.8 Å². The third kappa shape index (κ3) is 3.10. The molecule has 4 rings (SSSR count). The number of rotatable bonds is 3. The van der Waals surface area contributed by atoms with E-state index in [1.807, 2.05) is 50.2 Å². The van der Waals surface area contributed by atoms with E-state index in [4.69, 9.17) is 10.2 Å². The van der Waals surface area contributed by atoms with E-state index in [2.05, 4.69) is 0 Å². The molecular weight excluding hydrogens is 340 g/mol. The van der Waals surface area contributed by atoms with E-state index < -0.39 is 11.9 Å². The third-order valence-electron chi connectivity index (χ3n) is 5.51. The molecule has 2 heterocycles. The Kier molecular flexibility index (Phi) is 4.22. The highest BCUT2D eigenvalue weighted by Crippen LogP contribution is 2.28. The van der Waals surface area contributed by atoms with Gasteiger partial charge in [-0.3, -0.25) is 9.59 Å². The van der Waals surface area contributed by atoms with Gasteiger partial charge in [0, 0.05) is 23.9 Å². The van der Waals surface area contributed by atoms with Crippen LogP contribution in [0.25, 0.3) is 11.0 Å². The molecule has 0 spiro atoms. The maximum absolute atomic E-state index is 13.1. The summed E-state index contributed by atoms with van der Waals surface area (Å²) in [7, 11) is 0. The number of nitrogens with zero attached hydrogens (tertiary/aromatic N) is 1. The lowest BCUT2D eigenvalue weighted by Gasteiger charge is -2.35. The summed E-state index contributed by atoms with van der Waals surface area (Å²) in [5.74, 6) is -0.587. The Morgan fingerprint density at radius 1 is 1.15 bits per heavy atom. The minimum atomic E-state index is -0.616. The number of hydrogen-bond donors (Lipinski definition) is 1. The maximum Gasteiger partial charge on any atom is 0.240 e. The number of carbonyl (C=O) groups is 2. The van der Waals surface area contributed by atoms with E-state index in [1.165, 1.54) is 0 Å². The van der Waals surface area contributed by atoms with Crippen molar-refractivity contribution in [2.45, 2.75) is 39.3 Å². The predicted octanol–water partition coefficient (Wildman–Crippen LogP) is 3.03. The van der Waals surface area contributed by atoms with E-state index in [0.717, 1.165) is 38.8 Å². The first-order chi connectivity index (χ1) is 12.9. The lowest BCUT2D eigenvalue weighted by atomic mass is 9.93. The molecule has 2 N–H and O–H groups in total. The van der Waals surface area contributed by atoms with Crippen LogP contribution in [0.15, 0.2) is 47.1 Å². The van der Waals surface area contributed by atoms with E-state index in [-0.39, 0.29) is 12.3 Å². The van der Waals surface area contributed by atoms with Crippen LogP contribution in [0.3, 0.4) is 0 Å². The van der Waals surface area contributed by atoms with Gasteiger partial charge in [-0.05, 0) is 48.2 Å². The van der Waals surface area contributed by atoms with Gasteiger partial charge < -0.3 is 15.1 Å². The molecular formula is C22H22N2O3. The van der Waals surface area contributed by atoms with Crippen LogP contribution in [0.2, 0.25) is 0 Å². The number of amides is 2. The van der Waals surface area contributed by atoms with Gasteiger partial charge in [0.25, 0.3) is 0 Å². The highest BCUT2D eigenvalue weighted by atomic mass is 16.3. The number of aryl methyl sites for hydroxylation is 2. The molecule has 0 radical (unpaired) electrons. The van der Waals surface area contributed by atoms with Crippen molar-refractivity contribution in [3.8, 4) is 0 Å². The molecule has 138 valence electrons. The van der Waals surface area contributed by atoms with Crippen molar-refractivity contribution < 1.29 is 14.0 Å². The Morgan fingerprint density at radius 2 is 1.85 bits per heavy atom. The molecule has 0 saturated heterocycles. The van der Waals surface area contributed by atoms with Crippen LogP contribution < -0.4 is 5.73 Å². The second kappa shape index (κ2) is 6.58. The first-order valence-electron chi connectivity index (χ1n) is 9.07. The Bertz CT molecular complexity index is 1050. The van der Waals surface area contributed by atoms with Gasteiger partial charge in [0.05, 0.1) is 12.7 Å². The van der Waals surface area contributed by atoms with Crippen molar-refractivity contribution >= 4 is 22.8 Å². The molecule has 1 atom stereocenters. The molecule has 1 aromatic heterocycles. The van der Waals surface area contributed by atoms with Crippen LogP contribution in [0.4, 0.5) is 0 Å². The summed E-state index contributed by atoms with van der Waals surface area (Å²) in [6.45, 7) is 4.47. The number of benzene rings is 2. The van der Waals surface area contributed by atoms with Crippen LogP contribution in [0, 0.1) is 13.8 Å². The molecule has 0 aliphatic carbocycles. The predicted molar refractivity (Wildman–Crippen MR) is 103 cm³/mol. The average molecular weight is 362 g/mol. The van der Waals surface area contributed by atoms with Gasteiger partial charge in [-0.2, -0.15) is 0 Å². The number of carbonyl (C=O) groups excluding carboxylic acids is 2. The lowest BCUT2D eigenvalue weighted by molar-refractivity contribution is -0.140. The fourth-order valence-corrected chi connectivity index (χ4v) is 3.78. The standard InChI is InChI=1S/C22H22N2O3/c1-13-7-18-17(12-27-20(18)8-14(13)2)10-21(25)24-11-16-6-4-3-5-15(16)9-19(24)22(23)26/h3-8,12,19H,9-11H2,1-2H3,(H2,23,26)/t19-/m1/s1. The lowest BCUT2D eigenvalue weighted by Crippen LogP contribution is -2.51. The highest BCUT2D eigenvalue weighted by Gasteiger charge is 2.33. The van der Waals surface area contributed by atoms with Gasteiger partial charge in [-0.15, -0.1) is 0 Å². The van der Waals surface area contributed by atoms with Crippen molar-refractivity contribution in [2.75, 3.05) is 0 Å². The molecule has 0 saturated carbocycles. The second-order valence-corrected chi connectivity index (χ2v) is 7.28. The molecule has 3 aromatic rings. The largest absolute Gasteiger partial charge is 0.464 e. The molecule has 1 aliphatic rings. The average Bonchev–Trinajstić information content (AvgIpc) is 3.02. The summed E-state index contributed by atoms with van der Waals surface area (Å²) in [5, 5.41) is 0.944. The number of furan rings is 1. The van der Waals surface area contributed by atoms with E-state index in [1.54, 1.807) is 11.2 Å². The van der Waals surface area contributed by atoms with Crippen molar-refractivity contribution in [1.29, 1.82) is 0 Å². The summed E-state index contributed by atoms with van der Waals surface area (Å²) >= 11 is 0. The zero-order chi connectivity index (χ0) is 19.1. The fourth-order valence-electron chi connectivity index (χ4n) is 3.78. The molecule has 0 unspecified atom stereocenters. The Balaban J connectivity index is 1.64.